The van der Waals surface area contributed by atoms with Crippen LogP contribution >= 0.6 is 11.6 Å². The Bertz CT molecular complexity index is 882. The average molecular weight is 433 g/mol. The summed E-state index contributed by atoms with van der Waals surface area (Å²) in [5, 5.41) is 20.0. The third kappa shape index (κ3) is 4.36. The molecule has 0 radical (unpaired) electrons. The van der Waals surface area contributed by atoms with Crippen molar-refractivity contribution in [2.75, 3.05) is 32.7 Å². The Morgan fingerprint density at radius 2 is 1.93 bits per heavy atom. The average Bonchev–Trinajstić information content (AvgIpc) is 3.21. The van der Waals surface area contributed by atoms with Gasteiger partial charge in [-0.25, -0.2) is 0 Å². The molecule has 2 saturated heterocycles. The quantitative estimate of drug-likeness (QED) is 0.748. The third-order valence-corrected chi connectivity index (χ3v) is 7.47. The molecule has 0 bridgehead atoms. The zero-order chi connectivity index (χ0) is 21.3. The van der Waals surface area contributed by atoms with Crippen LogP contribution in [0.25, 0.3) is 10.9 Å². The van der Waals surface area contributed by atoms with E-state index < -0.39 is 6.10 Å². The summed E-state index contributed by atoms with van der Waals surface area (Å²) in [6.07, 6.45) is 6.57. The van der Waals surface area contributed by atoms with Gasteiger partial charge in [-0.05, 0) is 62.2 Å². The van der Waals surface area contributed by atoms with Gasteiger partial charge in [0.2, 0.25) is 5.91 Å². The number of aliphatic hydroxyl groups excluding tert-OH is 1. The minimum atomic E-state index is -0.667. The first-order valence-electron chi connectivity index (χ1n) is 11.2. The maximum atomic E-state index is 12.7. The number of rotatable bonds is 5. The van der Waals surface area contributed by atoms with E-state index in [1.165, 1.54) is 19.3 Å². The molecule has 0 spiro atoms. The fourth-order valence-corrected chi connectivity index (χ4v) is 5.40. The molecule has 2 fully saturated rings. The molecule has 4 rings (SSSR count). The van der Waals surface area contributed by atoms with E-state index in [1.54, 1.807) is 6.20 Å². The van der Waals surface area contributed by atoms with Crippen molar-refractivity contribution in [1.82, 2.24) is 20.0 Å². The lowest BCUT2D eigenvalue weighted by Crippen LogP contribution is -2.47. The highest BCUT2D eigenvalue weighted by molar-refractivity contribution is 6.31. The topological polar surface area (TPSA) is 72.5 Å². The van der Waals surface area contributed by atoms with Crippen LogP contribution in [0, 0.1) is 11.3 Å². The minimum Gasteiger partial charge on any atom is -0.388 e. The molecule has 0 aliphatic carbocycles. The van der Waals surface area contributed by atoms with E-state index in [0.29, 0.717) is 17.5 Å². The van der Waals surface area contributed by atoms with Gasteiger partial charge in [-0.15, -0.1) is 0 Å². The lowest BCUT2D eigenvalue weighted by Gasteiger charge is -2.43. The number of amides is 1. The molecule has 2 aliphatic rings. The van der Waals surface area contributed by atoms with Crippen LogP contribution in [0.4, 0.5) is 0 Å². The molecule has 2 aromatic rings. The van der Waals surface area contributed by atoms with Crippen LogP contribution in [0.15, 0.2) is 18.3 Å². The second kappa shape index (κ2) is 8.85. The van der Waals surface area contributed by atoms with Gasteiger partial charge in [0.1, 0.15) is 0 Å². The Balaban J connectivity index is 1.40. The Kier molecular flexibility index (Phi) is 6.37. The van der Waals surface area contributed by atoms with Crippen LogP contribution in [0.3, 0.4) is 0 Å². The predicted octanol–water partition coefficient (Wildman–Crippen LogP) is 4.00. The van der Waals surface area contributed by atoms with Gasteiger partial charge in [-0.1, -0.05) is 31.9 Å². The van der Waals surface area contributed by atoms with Crippen LogP contribution < -0.4 is 0 Å². The fourth-order valence-electron chi connectivity index (χ4n) is 5.17. The Labute approximate surface area is 183 Å². The third-order valence-electron chi connectivity index (χ3n) is 7.25. The van der Waals surface area contributed by atoms with Gasteiger partial charge in [-0.2, -0.15) is 5.10 Å². The summed E-state index contributed by atoms with van der Waals surface area (Å²) in [5.41, 5.74) is 1.29. The molecular formula is C23H33ClN4O2. The minimum absolute atomic E-state index is 0.253. The van der Waals surface area contributed by atoms with E-state index in [2.05, 4.69) is 28.9 Å². The fraction of sp³-hybridized carbons (Fsp3) is 0.652. The summed E-state index contributed by atoms with van der Waals surface area (Å²) >= 11 is 6.29. The number of carbonyl (C=O) groups is 1. The zero-order valence-corrected chi connectivity index (χ0v) is 18.8. The number of fused-ring (bicyclic) bond motifs is 1. The molecule has 3 heterocycles. The molecule has 7 heteroatoms. The maximum Gasteiger partial charge on any atom is 0.236 e. The number of halogens is 1. The van der Waals surface area contributed by atoms with Crippen molar-refractivity contribution in [2.45, 2.75) is 52.1 Å². The molecule has 1 aromatic carbocycles. The van der Waals surface area contributed by atoms with E-state index in [-0.39, 0.29) is 11.3 Å². The van der Waals surface area contributed by atoms with Crippen molar-refractivity contribution in [1.29, 1.82) is 0 Å². The summed E-state index contributed by atoms with van der Waals surface area (Å²) in [6.45, 7) is 8.42. The Morgan fingerprint density at radius 1 is 1.23 bits per heavy atom. The van der Waals surface area contributed by atoms with Gasteiger partial charge in [-0.3, -0.25) is 14.8 Å². The standard InChI is InChI=1S/C23H33ClN4O2/c1-23(2,22(30)19-13-18(24)12-16-14-25-26-21(16)19)17-6-10-28(11-7-17)20(29)15-27-8-4-3-5-9-27/h12-14,17,22,30H,3-11,15H2,1-2H3,(H,25,26). The predicted molar refractivity (Wildman–Crippen MR) is 119 cm³/mol. The smallest absolute Gasteiger partial charge is 0.236 e. The molecule has 1 amide bonds. The first-order valence-corrected chi connectivity index (χ1v) is 11.5. The van der Waals surface area contributed by atoms with E-state index in [0.717, 1.165) is 55.5 Å². The number of aromatic nitrogens is 2. The number of nitrogens with one attached hydrogen (secondary N) is 1. The zero-order valence-electron chi connectivity index (χ0n) is 18.0. The van der Waals surface area contributed by atoms with E-state index in [9.17, 15) is 9.90 Å². The summed E-state index contributed by atoms with van der Waals surface area (Å²) in [5.74, 6) is 0.575. The number of hydrogen-bond acceptors (Lipinski definition) is 4. The number of likely N-dealkylation sites (tertiary alicyclic amines) is 2. The highest BCUT2D eigenvalue weighted by atomic mass is 35.5. The van der Waals surface area contributed by atoms with Crippen LogP contribution in [-0.2, 0) is 4.79 Å². The number of carbonyl (C=O) groups excluding carboxylic acids is 1. The highest BCUT2D eigenvalue weighted by Crippen LogP contribution is 2.46. The van der Waals surface area contributed by atoms with Crippen LogP contribution in [0.5, 0.6) is 0 Å². The Hall–Kier alpha value is -1.63. The van der Waals surface area contributed by atoms with Crippen molar-refractivity contribution in [3.8, 4) is 0 Å². The van der Waals surface area contributed by atoms with Crippen molar-refractivity contribution < 1.29 is 9.90 Å². The first-order chi connectivity index (χ1) is 14.4. The normalized spacial score (nSPS) is 20.6. The summed E-state index contributed by atoms with van der Waals surface area (Å²) in [6, 6.07) is 3.70. The summed E-state index contributed by atoms with van der Waals surface area (Å²) in [7, 11) is 0. The molecule has 2 aliphatic heterocycles. The van der Waals surface area contributed by atoms with E-state index in [1.807, 2.05) is 17.0 Å². The van der Waals surface area contributed by atoms with Crippen LogP contribution in [0.1, 0.15) is 57.6 Å². The summed E-state index contributed by atoms with van der Waals surface area (Å²) in [4.78, 5) is 17.0. The highest BCUT2D eigenvalue weighted by Gasteiger charge is 2.40. The SMILES string of the molecule is CC(C)(C1CCN(C(=O)CN2CCCCC2)CC1)C(O)c1cc(Cl)cc2cn[nH]c12. The molecule has 164 valence electrons. The number of aliphatic hydroxyl groups is 1. The largest absolute Gasteiger partial charge is 0.388 e. The second-order valence-electron chi connectivity index (χ2n) is 9.55. The molecule has 1 atom stereocenters. The van der Waals surface area contributed by atoms with E-state index >= 15 is 0 Å². The lowest BCUT2D eigenvalue weighted by atomic mass is 9.68. The molecule has 2 N–H and O–H groups in total. The number of aromatic amines is 1. The molecule has 30 heavy (non-hydrogen) atoms. The molecule has 0 saturated carbocycles. The molecule has 1 unspecified atom stereocenters. The van der Waals surface area contributed by atoms with Crippen molar-refractivity contribution >= 4 is 28.4 Å². The van der Waals surface area contributed by atoms with Crippen molar-refractivity contribution in [2.24, 2.45) is 11.3 Å². The summed E-state index contributed by atoms with van der Waals surface area (Å²) < 4.78 is 0. The van der Waals surface area contributed by atoms with Gasteiger partial charge < -0.3 is 10.0 Å². The molecule has 1 aromatic heterocycles. The number of hydrogen-bond donors (Lipinski definition) is 2. The van der Waals surface area contributed by atoms with E-state index in [4.69, 9.17) is 11.6 Å². The van der Waals surface area contributed by atoms with Crippen molar-refractivity contribution in [3.05, 3.63) is 28.9 Å². The molecule has 6 nitrogen and oxygen atoms in total. The van der Waals surface area contributed by atoms with Gasteiger partial charge in [0.05, 0.1) is 24.4 Å². The van der Waals surface area contributed by atoms with Crippen LogP contribution in [0.2, 0.25) is 5.02 Å². The monoisotopic (exact) mass is 432 g/mol. The number of H-pyrrole nitrogens is 1. The first kappa shape index (κ1) is 21.6. The molecular weight excluding hydrogens is 400 g/mol. The second-order valence-corrected chi connectivity index (χ2v) is 9.98. The Morgan fingerprint density at radius 3 is 2.63 bits per heavy atom. The van der Waals surface area contributed by atoms with Gasteiger partial charge in [0.25, 0.3) is 0 Å². The number of piperidine rings is 2. The van der Waals surface area contributed by atoms with Gasteiger partial charge in [0, 0.05) is 29.1 Å². The van der Waals surface area contributed by atoms with Gasteiger partial charge in [0.15, 0.2) is 0 Å². The number of nitrogens with zero attached hydrogens (tertiary/aromatic N) is 3. The maximum absolute atomic E-state index is 12.7. The van der Waals surface area contributed by atoms with Gasteiger partial charge >= 0.3 is 0 Å². The van der Waals surface area contributed by atoms with Crippen molar-refractivity contribution in [3.63, 3.8) is 0 Å². The lowest BCUT2D eigenvalue weighted by molar-refractivity contribution is -0.135. The number of benzene rings is 1. The van der Waals surface area contributed by atoms with Crippen LogP contribution in [-0.4, -0.2) is 63.7 Å².